The van der Waals surface area contributed by atoms with Crippen LogP contribution in [0.4, 0.5) is 0 Å². The first kappa shape index (κ1) is 19.0. The molecule has 25 heavy (non-hydrogen) atoms. The van der Waals surface area contributed by atoms with Crippen molar-refractivity contribution in [3.05, 3.63) is 35.6 Å². The fraction of sp³-hybridized carbons (Fsp3) is 0.500. The molecular formula is C20H27NO4. The highest BCUT2D eigenvalue weighted by atomic mass is 16.5. The van der Waals surface area contributed by atoms with Gasteiger partial charge in [0.05, 0.1) is 12.7 Å². The molecule has 1 aromatic carbocycles. The zero-order valence-corrected chi connectivity index (χ0v) is 15.8. The molecule has 5 heteroatoms. The van der Waals surface area contributed by atoms with Crippen molar-refractivity contribution in [3.63, 3.8) is 0 Å². The minimum absolute atomic E-state index is 0.0507. The molecule has 5 nitrogen and oxygen atoms in total. The van der Waals surface area contributed by atoms with Gasteiger partial charge in [0, 0.05) is 23.0 Å². The highest BCUT2D eigenvalue weighted by Gasteiger charge is 2.27. The van der Waals surface area contributed by atoms with Crippen LogP contribution in [0.2, 0.25) is 0 Å². The lowest BCUT2D eigenvalue weighted by Crippen LogP contribution is -2.47. The maximum Gasteiger partial charge on any atom is 0.311 e. The summed E-state index contributed by atoms with van der Waals surface area (Å²) in [6.07, 6.45) is 0.849. The second-order valence-corrected chi connectivity index (χ2v) is 7.00. The predicted octanol–water partition coefficient (Wildman–Crippen LogP) is 3.86. The van der Waals surface area contributed by atoms with Crippen LogP contribution in [0.15, 0.2) is 28.9 Å². The number of benzene rings is 1. The number of amides is 1. The van der Waals surface area contributed by atoms with Crippen LogP contribution in [0, 0.1) is 6.92 Å². The van der Waals surface area contributed by atoms with E-state index in [0.717, 1.165) is 22.1 Å². The van der Waals surface area contributed by atoms with E-state index in [1.54, 1.807) is 18.1 Å². The van der Waals surface area contributed by atoms with Crippen molar-refractivity contribution in [1.29, 1.82) is 0 Å². The normalized spacial score (nSPS) is 12.6. The number of carbonyl (C=O) groups is 2. The van der Waals surface area contributed by atoms with Crippen LogP contribution in [0.5, 0.6) is 0 Å². The van der Waals surface area contributed by atoms with Crippen LogP contribution in [0.3, 0.4) is 0 Å². The largest absolute Gasteiger partial charge is 0.464 e. The molecule has 1 amide bonds. The molecule has 1 atom stereocenters. The summed E-state index contributed by atoms with van der Waals surface area (Å²) in [5.41, 5.74) is 2.61. The van der Waals surface area contributed by atoms with Crippen molar-refractivity contribution in [3.8, 4) is 0 Å². The van der Waals surface area contributed by atoms with Gasteiger partial charge in [-0.15, -0.1) is 0 Å². The Morgan fingerprint density at radius 2 is 1.76 bits per heavy atom. The Morgan fingerprint density at radius 1 is 1.12 bits per heavy atom. The summed E-state index contributed by atoms with van der Waals surface area (Å²) in [6, 6.07) is 5.94. The Kier molecular flexibility index (Phi) is 5.88. The van der Waals surface area contributed by atoms with Gasteiger partial charge in [-0.05, 0) is 53.2 Å². The molecule has 0 aliphatic rings. The zero-order chi connectivity index (χ0) is 18.7. The molecule has 0 saturated heterocycles. The molecule has 0 spiro atoms. The van der Waals surface area contributed by atoms with Gasteiger partial charge in [0.25, 0.3) is 5.91 Å². The quantitative estimate of drug-likeness (QED) is 0.746. The number of hydrogen-bond donors (Lipinski definition) is 0. The Labute approximate surface area is 148 Å². The SMILES string of the molecule is Cc1ccc2c(CC(=O)OC(C)C(=O)N(C(C)C)C(C)C)coc2c1. The van der Waals surface area contributed by atoms with E-state index in [1.165, 1.54) is 0 Å². The second kappa shape index (κ2) is 7.72. The third-order valence-electron chi connectivity index (χ3n) is 4.17. The van der Waals surface area contributed by atoms with Crippen molar-refractivity contribution in [1.82, 2.24) is 4.90 Å². The van der Waals surface area contributed by atoms with Crippen molar-refractivity contribution >= 4 is 22.8 Å². The third-order valence-corrected chi connectivity index (χ3v) is 4.17. The number of rotatable bonds is 6. The Bertz CT molecular complexity index is 752. The van der Waals surface area contributed by atoms with Crippen LogP contribution in [0.25, 0.3) is 11.0 Å². The molecule has 0 radical (unpaired) electrons. The van der Waals surface area contributed by atoms with E-state index in [-0.39, 0.29) is 24.4 Å². The lowest BCUT2D eigenvalue weighted by molar-refractivity contribution is -0.160. The Balaban J connectivity index is 2.04. The number of aryl methyl sites for hydroxylation is 1. The van der Waals surface area contributed by atoms with Gasteiger partial charge in [0.15, 0.2) is 6.10 Å². The van der Waals surface area contributed by atoms with E-state index >= 15 is 0 Å². The van der Waals surface area contributed by atoms with Crippen LogP contribution in [-0.4, -0.2) is 35.0 Å². The first-order valence-corrected chi connectivity index (χ1v) is 8.69. The highest BCUT2D eigenvalue weighted by Crippen LogP contribution is 2.23. The van der Waals surface area contributed by atoms with Crippen molar-refractivity contribution < 1.29 is 18.7 Å². The second-order valence-electron chi connectivity index (χ2n) is 7.00. The lowest BCUT2D eigenvalue weighted by atomic mass is 10.1. The van der Waals surface area contributed by atoms with E-state index in [2.05, 4.69) is 0 Å². The van der Waals surface area contributed by atoms with Crippen molar-refractivity contribution in [2.24, 2.45) is 0 Å². The molecule has 0 fully saturated rings. The molecule has 2 rings (SSSR count). The molecule has 0 bridgehead atoms. The van der Waals surface area contributed by atoms with Gasteiger partial charge in [0.2, 0.25) is 0 Å². The summed E-state index contributed by atoms with van der Waals surface area (Å²) in [5.74, 6) is -0.609. The van der Waals surface area contributed by atoms with Gasteiger partial charge in [-0.25, -0.2) is 0 Å². The summed E-state index contributed by atoms with van der Waals surface area (Å²) >= 11 is 0. The number of carbonyl (C=O) groups excluding carboxylic acids is 2. The maximum atomic E-state index is 12.5. The molecule has 2 aromatic rings. The van der Waals surface area contributed by atoms with E-state index < -0.39 is 12.1 Å². The van der Waals surface area contributed by atoms with Crippen LogP contribution in [-0.2, 0) is 20.7 Å². The Hall–Kier alpha value is -2.30. The monoisotopic (exact) mass is 345 g/mol. The van der Waals surface area contributed by atoms with Crippen LogP contribution in [0.1, 0.15) is 45.7 Å². The first-order valence-electron chi connectivity index (χ1n) is 8.69. The highest BCUT2D eigenvalue weighted by molar-refractivity contribution is 5.88. The van der Waals surface area contributed by atoms with E-state index in [1.807, 2.05) is 52.8 Å². The topological polar surface area (TPSA) is 59.8 Å². The number of ether oxygens (including phenoxy) is 1. The average molecular weight is 345 g/mol. The number of fused-ring (bicyclic) bond motifs is 1. The molecule has 1 heterocycles. The number of hydrogen-bond acceptors (Lipinski definition) is 4. The minimum Gasteiger partial charge on any atom is -0.464 e. The smallest absolute Gasteiger partial charge is 0.311 e. The summed E-state index contributed by atoms with van der Waals surface area (Å²) in [4.78, 5) is 26.5. The van der Waals surface area contributed by atoms with Crippen LogP contribution < -0.4 is 0 Å². The third kappa shape index (κ3) is 4.41. The number of nitrogens with zero attached hydrogens (tertiary/aromatic N) is 1. The standard InChI is InChI=1S/C20H27NO4/c1-12(2)21(13(3)4)20(23)15(6)25-19(22)10-16-11-24-18-9-14(5)7-8-17(16)18/h7-9,11-13,15H,10H2,1-6H3. The average Bonchev–Trinajstić information content (AvgIpc) is 2.88. The first-order chi connectivity index (χ1) is 11.7. The molecule has 0 aliphatic carbocycles. The molecule has 1 aromatic heterocycles. The van der Waals surface area contributed by atoms with Crippen molar-refractivity contribution in [2.45, 2.75) is 66.2 Å². The summed E-state index contributed by atoms with van der Waals surface area (Å²) in [6.45, 7) is 11.4. The molecule has 0 saturated carbocycles. The molecular weight excluding hydrogens is 318 g/mol. The summed E-state index contributed by atoms with van der Waals surface area (Å²) in [5, 5.41) is 0.896. The minimum atomic E-state index is -0.808. The fourth-order valence-electron chi connectivity index (χ4n) is 3.09. The summed E-state index contributed by atoms with van der Waals surface area (Å²) < 4.78 is 10.9. The van der Waals surface area contributed by atoms with Gasteiger partial charge in [-0.2, -0.15) is 0 Å². The van der Waals surface area contributed by atoms with Gasteiger partial charge in [-0.3, -0.25) is 9.59 Å². The van der Waals surface area contributed by atoms with Gasteiger partial charge >= 0.3 is 5.97 Å². The zero-order valence-electron chi connectivity index (χ0n) is 15.8. The van der Waals surface area contributed by atoms with E-state index in [9.17, 15) is 9.59 Å². The number of furan rings is 1. The van der Waals surface area contributed by atoms with Gasteiger partial charge in [0.1, 0.15) is 5.58 Å². The lowest BCUT2D eigenvalue weighted by Gasteiger charge is -2.32. The molecule has 0 aliphatic heterocycles. The van der Waals surface area contributed by atoms with Gasteiger partial charge in [-0.1, -0.05) is 12.1 Å². The molecule has 0 N–H and O–H groups in total. The fourth-order valence-corrected chi connectivity index (χ4v) is 3.09. The summed E-state index contributed by atoms with van der Waals surface area (Å²) in [7, 11) is 0. The maximum absolute atomic E-state index is 12.5. The molecule has 136 valence electrons. The van der Waals surface area contributed by atoms with E-state index in [0.29, 0.717) is 0 Å². The van der Waals surface area contributed by atoms with Gasteiger partial charge < -0.3 is 14.1 Å². The van der Waals surface area contributed by atoms with E-state index in [4.69, 9.17) is 9.15 Å². The Morgan fingerprint density at radius 3 is 2.36 bits per heavy atom. The number of esters is 1. The predicted molar refractivity (Wildman–Crippen MR) is 97.3 cm³/mol. The van der Waals surface area contributed by atoms with Crippen molar-refractivity contribution in [2.75, 3.05) is 0 Å². The molecule has 1 unspecified atom stereocenters. The van der Waals surface area contributed by atoms with Crippen LogP contribution >= 0.6 is 0 Å².